The summed E-state index contributed by atoms with van der Waals surface area (Å²) in [5.74, 6) is 1.81. The Hall–Kier alpha value is -8.99. The van der Waals surface area contributed by atoms with E-state index in [4.69, 9.17) is 15.0 Å². The molecule has 12 rings (SSSR count). The molecule has 0 spiro atoms. The molecule has 0 atom stereocenters. The van der Waals surface area contributed by atoms with Gasteiger partial charge in [0, 0.05) is 34.6 Å². The Bertz CT molecular complexity index is 3800. The van der Waals surface area contributed by atoms with Crippen molar-refractivity contribution < 1.29 is 0 Å². The van der Waals surface area contributed by atoms with Gasteiger partial charge in [-0.3, -0.25) is 0 Å². The fraction of sp³-hybridized carbons (Fsp3) is 0.0156. The van der Waals surface area contributed by atoms with Crippen LogP contribution in [-0.4, -0.2) is 19.5 Å². The highest BCUT2D eigenvalue weighted by Gasteiger charge is 2.18. The van der Waals surface area contributed by atoms with Gasteiger partial charge in [-0.2, -0.15) is 0 Å². The minimum absolute atomic E-state index is 0.596. The lowest BCUT2D eigenvalue weighted by molar-refractivity contribution is 1.06. The lowest BCUT2D eigenvalue weighted by Crippen LogP contribution is -2.02. The average Bonchev–Trinajstić information content (AvgIpc) is 3.86. The van der Waals surface area contributed by atoms with Gasteiger partial charge in [0.05, 0.1) is 5.69 Å². The van der Waals surface area contributed by atoms with Gasteiger partial charge in [0.25, 0.3) is 0 Å². The number of rotatable bonds is 9. The van der Waals surface area contributed by atoms with E-state index in [1.54, 1.807) is 0 Å². The van der Waals surface area contributed by atoms with Gasteiger partial charge in [-0.1, -0.05) is 206 Å². The van der Waals surface area contributed by atoms with Gasteiger partial charge < -0.3 is 4.57 Å². The Labute approximate surface area is 396 Å². The van der Waals surface area contributed by atoms with E-state index in [1.807, 2.05) is 0 Å². The van der Waals surface area contributed by atoms with E-state index in [0.29, 0.717) is 17.5 Å². The van der Waals surface area contributed by atoms with Crippen LogP contribution in [0.5, 0.6) is 0 Å². The molecule has 0 amide bonds. The van der Waals surface area contributed by atoms with Crippen molar-refractivity contribution in [1.82, 2.24) is 19.5 Å². The first-order valence-electron chi connectivity index (χ1n) is 23.1. The molecule has 0 N–H and O–H groups in total. The highest BCUT2D eigenvalue weighted by molar-refractivity contribution is 5.97. The van der Waals surface area contributed by atoms with Crippen LogP contribution in [0.25, 0.3) is 117 Å². The number of benzene rings is 10. The summed E-state index contributed by atoms with van der Waals surface area (Å²) in [4.78, 5) is 15.9. The molecule has 2 aromatic heterocycles. The zero-order valence-corrected chi connectivity index (χ0v) is 37.5. The van der Waals surface area contributed by atoms with E-state index in [2.05, 4.69) is 260 Å². The van der Waals surface area contributed by atoms with Crippen LogP contribution in [0.4, 0.5) is 0 Å². The molecular weight excluding hydrogens is 825 g/mol. The van der Waals surface area contributed by atoms with Crippen LogP contribution in [0.3, 0.4) is 0 Å². The Balaban J connectivity index is 0.991. The SMILES string of the molecule is Cc1ccn(-c2cc(-c3nc(-c4cccc(-c5ccc(-c6ccc7ccccc7c6)cc5)c4)nc(-c4cccc(-c5cccc6ccccc56)c4)n3)ccc2-c2ccccc2-c2ccccc2)c1. The smallest absolute Gasteiger partial charge is 0.164 e. The fourth-order valence-electron chi connectivity index (χ4n) is 9.48. The zero-order valence-electron chi connectivity index (χ0n) is 37.5. The molecule has 10 aromatic carbocycles. The van der Waals surface area contributed by atoms with Crippen molar-refractivity contribution in [2.45, 2.75) is 6.92 Å². The van der Waals surface area contributed by atoms with Crippen molar-refractivity contribution in [2.75, 3.05) is 0 Å². The van der Waals surface area contributed by atoms with Gasteiger partial charge in [-0.15, -0.1) is 0 Å². The molecule has 0 aliphatic rings. The Morgan fingerprint density at radius 2 is 0.794 bits per heavy atom. The van der Waals surface area contributed by atoms with Crippen molar-refractivity contribution in [1.29, 1.82) is 0 Å². The van der Waals surface area contributed by atoms with Gasteiger partial charge in [0.15, 0.2) is 17.5 Å². The number of fused-ring (bicyclic) bond motifs is 2. The van der Waals surface area contributed by atoms with Crippen LogP contribution < -0.4 is 0 Å². The molecule has 4 heteroatoms. The maximum Gasteiger partial charge on any atom is 0.164 e. The predicted octanol–water partition coefficient (Wildman–Crippen LogP) is 16.6. The molecule has 68 heavy (non-hydrogen) atoms. The minimum atomic E-state index is 0.596. The number of nitrogens with zero attached hydrogens (tertiary/aromatic N) is 4. The molecule has 0 unspecified atom stereocenters. The lowest BCUT2D eigenvalue weighted by atomic mass is 9.92. The number of hydrogen-bond acceptors (Lipinski definition) is 3. The van der Waals surface area contributed by atoms with Crippen molar-refractivity contribution in [3.8, 4) is 95.5 Å². The van der Waals surface area contributed by atoms with Crippen LogP contribution >= 0.6 is 0 Å². The maximum atomic E-state index is 5.31. The highest BCUT2D eigenvalue weighted by Crippen LogP contribution is 2.39. The quantitative estimate of drug-likeness (QED) is 0.145. The average molecular weight is 869 g/mol. The number of aryl methyl sites for hydroxylation is 1. The van der Waals surface area contributed by atoms with Gasteiger partial charge in [0.2, 0.25) is 0 Å². The summed E-state index contributed by atoms with van der Waals surface area (Å²) >= 11 is 0. The molecule has 12 aromatic rings. The van der Waals surface area contributed by atoms with E-state index in [9.17, 15) is 0 Å². The van der Waals surface area contributed by atoms with Crippen LogP contribution in [0.1, 0.15) is 5.56 Å². The second-order valence-electron chi connectivity index (χ2n) is 17.4. The lowest BCUT2D eigenvalue weighted by Gasteiger charge is -2.17. The van der Waals surface area contributed by atoms with Crippen LogP contribution in [0.2, 0.25) is 0 Å². The molecule has 0 radical (unpaired) electrons. The standard InChI is InChI=1S/C64H44N4/c1-43-36-37-68(42-43)61-41-55(34-35-60(61)59-26-10-9-25-57(59)47-15-3-2-4-16-47)64-66-62(65-63(67-64)54-23-12-21-52(40-54)58-27-13-19-48-17-7-8-24-56(48)58)53-22-11-20-50(39-53)45-28-30-46(31-29-45)51-33-32-44-14-5-6-18-49(44)38-51/h2-42H,1H3. The molecule has 4 nitrogen and oxygen atoms in total. The predicted molar refractivity (Wildman–Crippen MR) is 282 cm³/mol. The zero-order chi connectivity index (χ0) is 45.4. The Kier molecular flexibility index (Phi) is 10.4. The summed E-state index contributed by atoms with van der Waals surface area (Å²) in [6.07, 6.45) is 4.31. The molecule has 0 saturated carbocycles. The van der Waals surface area contributed by atoms with E-state index in [0.717, 1.165) is 55.8 Å². The molecule has 0 aliphatic heterocycles. The maximum absolute atomic E-state index is 5.31. The number of aromatic nitrogens is 4. The minimum Gasteiger partial charge on any atom is -0.323 e. The van der Waals surface area contributed by atoms with Crippen LogP contribution in [-0.2, 0) is 0 Å². The highest BCUT2D eigenvalue weighted by atomic mass is 15.0. The first-order chi connectivity index (χ1) is 33.6. The second kappa shape index (κ2) is 17.4. The first kappa shape index (κ1) is 40.5. The summed E-state index contributed by atoms with van der Waals surface area (Å²) in [6.45, 7) is 2.13. The molecule has 0 saturated heterocycles. The van der Waals surface area contributed by atoms with Crippen molar-refractivity contribution in [2.24, 2.45) is 0 Å². The van der Waals surface area contributed by atoms with Gasteiger partial charge >= 0.3 is 0 Å². The van der Waals surface area contributed by atoms with E-state index in [1.165, 1.54) is 49.4 Å². The Morgan fingerprint density at radius 3 is 1.51 bits per heavy atom. The summed E-state index contributed by atoms with van der Waals surface area (Å²) < 4.78 is 2.21. The topological polar surface area (TPSA) is 43.6 Å². The molecule has 0 bridgehead atoms. The van der Waals surface area contributed by atoms with Crippen LogP contribution in [0, 0.1) is 6.92 Å². The van der Waals surface area contributed by atoms with E-state index < -0.39 is 0 Å². The second-order valence-corrected chi connectivity index (χ2v) is 17.4. The van der Waals surface area contributed by atoms with Crippen molar-refractivity contribution in [3.05, 3.63) is 255 Å². The molecule has 0 fully saturated rings. The van der Waals surface area contributed by atoms with Gasteiger partial charge in [-0.05, 0) is 114 Å². The monoisotopic (exact) mass is 868 g/mol. The fourth-order valence-corrected chi connectivity index (χ4v) is 9.48. The summed E-state index contributed by atoms with van der Waals surface area (Å²) in [5, 5.41) is 4.88. The molecule has 0 aliphatic carbocycles. The van der Waals surface area contributed by atoms with Crippen molar-refractivity contribution in [3.63, 3.8) is 0 Å². The first-order valence-corrected chi connectivity index (χ1v) is 23.1. The van der Waals surface area contributed by atoms with Crippen LogP contribution in [0.15, 0.2) is 249 Å². The largest absolute Gasteiger partial charge is 0.323 e. The van der Waals surface area contributed by atoms with E-state index >= 15 is 0 Å². The van der Waals surface area contributed by atoms with Crippen molar-refractivity contribution >= 4 is 21.5 Å². The normalized spacial score (nSPS) is 11.3. The van der Waals surface area contributed by atoms with E-state index in [-0.39, 0.29) is 0 Å². The molecule has 320 valence electrons. The summed E-state index contributed by atoms with van der Waals surface area (Å²) in [5.41, 5.74) is 16.4. The summed E-state index contributed by atoms with van der Waals surface area (Å²) in [7, 11) is 0. The molecular formula is C64H44N4. The number of hydrogen-bond donors (Lipinski definition) is 0. The third-order valence-electron chi connectivity index (χ3n) is 13.0. The third-order valence-corrected chi connectivity index (χ3v) is 13.0. The van der Waals surface area contributed by atoms with Gasteiger partial charge in [0.1, 0.15) is 0 Å². The van der Waals surface area contributed by atoms with Gasteiger partial charge in [-0.25, -0.2) is 15.0 Å². The Morgan fingerprint density at radius 1 is 0.294 bits per heavy atom. The third kappa shape index (κ3) is 7.84. The molecule has 2 heterocycles. The summed E-state index contributed by atoms with van der Waals surface area (Å²) in [6, 6.07) is 84.1.